The second-order valence-electron chi connectivity index (χ2n) is 10.2. The molecule has 36 heavy (non-hydrogen) atoms. The number of alkyl halides is 3. The zero-order valence-electron chi connectivity index (χ0n) is 21.7. The fourth-order valence-corrected chi connectivity index (χ4v) is 4.96. The number of rotatable bonds is 10. The van der Waals surface area contributed by atoms with Gasteiger partial charge in [0.05, 0.1) is 11.6 Å². The number of anilines is 1. The van der Waals surface area contributed by atoms with E-state index >= 15 is 0 Å². The van der Waals surface area contributed by atoms with Crippen molar-refractivity contribution in [3.05, 3.63) is 65.2 Å². The summed E-state index contributed by atoms with van der Waals surface area (Å²) < 4.78 is 40.2. The van der Waals surface area contributed by atoms with Gasteiger partial charge in [-0.3, -0.25) is 0 Å². The first-order valence-corrected chi connectivity index (χ1v) is 12.7. The van der Waals surface area contributed by atoms with Crippen LogP contribution in [0.2, 0.25) is 0 Å². The zero-order chi connectivity index (χ0) is 26.3. The van der Waals surface area contributed by atoms with E-state index in [0.29, 0.717) is 19.0 Å². The molecule has 4 atom stereocenters. The second-order valence-corrected chi connectivity index (χ2v) is 10.2. The Morgan fingerprint density at radius 3 is 2.42 bits per heavy atom. The molecule has 0 saturated carbocycles. The lowest BCUT2D eigenvalue weighted by Gasteiger charge is -2.40. The van der Waals surface area contributed by atoms with Crippen molar-refractivity contribution in [1.29, 1.82) is 0 Å². The number of hydrogen-bond donors (Lipinski definition) is 3. The molecule has 2 aromatic carbocycles. The van der Waals surface area contributed by atoms with Crippen LogP contribution in [0.1, 0.15) is 61.8 Å². The maximum Gasteiger partial charge on any atom is 0.416 e. The predicted octanol–water partition coefficient (Wildman–Crippen LogP) is 6.26. The molecule has 2 amide bonds. The molecule has 3 N–H and O–H groups in total. The molecular weight excluding hydrogens is 465 g/mol. The normalized spacial score (nSPS) is 20.4. The zero-order valence-corrected chi connectivity index (χ0v) is 21.7. The average molecular weight is 505 g/mol. The molecule has 8 heteroatoms. The Morgan fingerprint density at radius 2 is 1.75 bits per heavy atom. The molecule has 0 unspecified atom stereocenters. The summed E-state index contributed by atoms with van der Waals surface area (Å²) in [6.45, 7) is 6.19. The first-order chi connectivity index (χ1) is 17.1. The van der Waals surface area contributed by atoms with Crippen LogP contribution >= 0.6 is 0 Å². The van der Waals surface area contributed by atoms with Gasteiger partial charge in [-0.2, -0.15) is 13.2 Å². The lowest BCUT2D eigenvalue weighted by molar-refractivity contribution is -0.137. The number of nitrogens with one attached hydrogen (secondary N) is 3. The van der Waals surface area contributed by atoms with Crippen molar-refractivity contribution in [2.45, 2.75) is 51.2 Å². The van der Waals surface area contributed by atoms with Crippen LogP contribution in [-0.4, -0.2) is 44.7 Å². The minimum absolute atomic E-state index is 0.0261. The Kier molecular flexibility index (Phi) is 9.65. The largest absolute Gasteiger partial charge is 0.416 e. The fourth-order valence-electron chi connectivity index (χ4n) is 4.96. The van der Waals surface area contributed by atoms with Gasteiger partial charge in [0.15, 0.2) is 0 Å². The van der Waals surface area contributed by atoms with E-state index in [9.17, 15) is 18.0 Å². The molecular formula is C28H39F3N4O. The van der Waals surface area contributed by atoms with Crippen LogP contribution in [0.3, 0.4) is 0 Å². The molecule has 0 radical (unpaired) electrons. The maximum atomic E-state index is 13.4. The Labute approximate surface area is 212 Å². The summed E-state index contributed by atoms with van der Waals surface area (Å²) in [7, 11) is 3.92. The number of likely N-dealkylation sites (N-methyl/N-ethyl adjacent to an activating group) is 1. The van der Waals surface area contributed by atoms with E-state index in [4.69, 9.17) is 0 Å². The summed E-state index contributed by atoms with van der Waals surface area (Å²) in [4.78, 5) is 13.9. The molecule has 2 aromatic rings. The summed E-state index contributed by atoms with van der Waals surface area (Å²) >= 11 is 0. The van der Waals surface area contributed by atoms with E-state index in [2.05, 4.69) is 35.0 Å². The van der Waals surface area contributed by atoms with E-state index in [-0.39, 0.29) is 23.9 Å². The minimum Gasteiger partial charge on any atom is -0.378 e. The van der Waals surface area contributed by atoms with Gasteiger partial charge in [0.2, 0.25) is 0 Å². The van der Waals surface area contributed by atoms with Gasteiger partial charge in [0, 0.05) is 25.3 Å². The first-order valence-electron chi connectivity index (χ1n) is 12.7. The molecule has 0 saturated heterocycles. The van der Waals surface area contributed by atoms with E-state index < -0.39 is 11.7 Å². The van der Waals surface area contributed by atoms with Crippen LogP contribution in [0, 0.1) is 11.8 Å². The van der Waals surface area contributed by atoms with Gasteiger partial charge in [0.1, 0.15) is 0 Å². The lowest BCUT2D eigenvalue weighted by Crippen LogP contribution is -2.39. The summed E-state index contributed by atoms with van der Waals surface area (Å²) in [5.41, 5.74) is 2.04. The van der Waals surface area contributed by atoms with Crippen molar-refractivity contribution >= 4 is 11.7 Å². The fraction of sp³-hybridized carbons (Fsp3) is 0.536. The average Bonchev–Trinajstić information content (AvgIpc) is 2.83. The maximum absolute atomic E-state index is 13.4. The highest BCUT2D eigenvalue weighted by atomic mass is 19.4. The minimum atomic E-state index is -4.36. The molecule has 198 valence electrons. The van der Waals surface area contributed by atoms with Crippen LogP contribution in [-0.2, 0) is 6.18 Å². The third-order valence-electron chi connectivity index (χ3n) is 7.17. The monoisotopic (exact) mass is 504 g/mol. The van der Waals surface area contributed by atoms with Gasteiger partial charge >= 0.3 is 12.2 Å². The highest BCUT2D eigenvalue weighted by Crippen LogP contribution is 2.48. The number of carbonyl (C=O) groups is 1. The van der Waals surface area contributed by atoms with Crippen LogP contribution in [0.15, 0.2) is 48.5 Å². The SMILES string of the molecule is C[C@@H](CCNC(=O)NCCN(C)C)CC[C@@H]1[C@H](C)c2cc(C(F)(F)F)ccc2N[C@H]1c1ccccc1. The number of carbonyl (C=O) groups excluding carboxylic acids is 1. The van der Waals surface area contributed by atoms with Crippen LogP contribution in [0.4, 0.5) is 23.7 Å². The number of hydrogen-bond acceptors (Lipinski definition) is 3. The van der Waals surface area contributed by atoms with Crippen molar-refractivity contribution in [2.24, 2.45) is 11.8 Å². The molecule has 1 aliphatic heterocycles. The molecule has 3 rings (SSSR count). The highest BCUT2D eigenvalue weighted by molar-refractivity contribution is 5.73. The summed E-state index contributed by atoms with van der Waals surface area (Å²) in [6, 6.07) is 14.0. The van der Waals surface area contributed by atoms with Gasteiger partial charge in [-0.05, 0) is 74.0 Å². The van der Waals surface area contributed by atoms with Crippen LogP contribution < -0.4 is 16.0 Å². The topological polar surface area (TPSA) is 56.4 Å². The van der Waals surface area contributed by atoms with Gasteiger partial charge in [-0.15, -0.1) is 0 Å². The van der Waals surface area contributed by atoms with Crippen molar-refractivity contribution in [3.8, 4) is 0 Å². The lowest BCUT2D eigenvalue weighted by atomic mass is 9.73. The molecule has 0 fully saturated rings. The summed E-state index contributed by atoms with van der Waals surface area (Å²) in [6.07, 6.45) is -1.71. The Balaban J connectivity index is 1.64. The number of benzene rings is 2. The third-order valence-corrected chi connectivity index (χ3v) is 7.17. The van der Waals surface area contributed by atoms with E-state index in [1.54, 1.807) is 6.07 Å². The number of urea groups is 1. The van der Waals surface area contributed by atoms with Crippen molar-refractivity contribution in [3.63, 3.8) is 0 Å². The number of nitrogens with zero attached hydrogens (tertiary/aromatic N) is 1. The Morgan fingerprint density at radius 1 is 1.06 bits per heavy atom. The molecule has 1 heterocycles. The molecule has 0 spiro atoms. The van der Waals surface area contributed by atoms with Crippen LogP contribution in [0.25, 0.3) is 0 Å². The molecule has 0 aromatic heterocycles. The van der Waals surface area contributed by atoms with Crippen molar-refractivity contribution in [2.75, 3.05) is 39.0 Å². The van der Waals surface area contributed by atoms with Gasteiger partial charge in [-0.1, -0.05) is 50.6 Å². The first kappa shape index (κ1) is 27.8. The molecule has 5 nitrogen and oxygen atoms in total. The number of fused-ring (bicyclic) bond motifs is 1. The van der Waals surface area contributed by atoms with Gasteiger partial charge in [0.25, 0.3) is 0 Å². The summed E-state index contributed by atoms with van der Waals surface area (Å²) in [5, 5.41) is 9.31. The Bertz CT molecular complexity index is 981. The quantitative estimate of drug-likeness (QED) is 0.358. The smallest absolute Gasteiger partial charge is 0.378 e. The molecule has 0 aliphatic carbocycles. The molecule has 0 bridgehead atoms. The van der Waals surface area contributed by atoms with E-state index in [1.165, 1.54) is 6.07 Å². The standard InChI is InChI=1S/C28H39F3N4O/c1-19(14-15-32-27(36)33-16-17-35(3)4)10-12-23-20(2)24-18-22(28(29,30)31)11-13-25(24)34-26(23)21-8-6-5-7-9-21/h5-9,11,13,18-20,23,26,34H,10,12,14-17H2,1-4H3,(H2,32,33,36)/t19-,20+,23-,26+/m1/s1. The van der Waals surface area contributed by atoms with Gasteiger partial charge < -0.3 is 20.9 Å². The Hall–Kier alpha value is -2.74. The third kappa shape index (κ3) is 7.63. The van der Waals surface area contributed by atoms with Gasteiger partial charge in [-0.25, -0.2) is 4.79 Å². The summed E-state index contributed by atoms with van der Waals surface area (Å²) in [5.74, 6) is 0.494. The predicted molar refractivity (Wildman–Crippen MR) is 139 cm³/mol. The van der Waals surface area contributed by atoms with E-state index in [1.807, 2.05) is 44.1 Å². The second kappa shape index (κ2) is 12.5. The van der Waals surface area contributed by atoms with Crippen molar-refractivity contribution < 1.29 is 18.0 Å². The van der Waals surface area contributed by atoms with Crippen molar-refractivity contribution in [1.82, 2.24) is 15.5 Å². The molecule has 1 aliphatic rings. The van der Waals surface area contributed by atoms with E-state index in [0.717, 1.165) is 48.7 Å². The van der Waals surface area contributed by atoms with Crippen LogP contribution in [0.5, 0.6) is 0 Å². The number of halogens is 3. The highest BCUT2D eigenvalue weighted by Gasteiger charge is 2.37. The number of amides is 2.